The summed E-state index contributed by atoms with van der Waals surface area (Å²) in [5.41, 5.74) is 1.91. The number of phenols is 2. The number of carboxylic acids is 1. The van der Waals surface area contributed by atoms with Crippen LogP contribution in [0.25, 0.3) is 10.8 Å². The van der Waals surface area contributed by atoms with Crippen LogP contribution in [0.15, 0.2) is 48.5 Å². The predicted octanol–water partition coefficient (Wildman–Crippen LogP) is 3.88. The summed E-state index contributed by atoms with van der Waals surface area (Å²) in [5.74, 6) is -0.720. The maximum Gasteiger partial charge on any atom is 0.335 e. The van der Waals surface area contributed by atoms with Crippen molar-refractivity contribution in [3.05, 3.63) is 65.2 Å². The Bertz CT molecular complexity index is 1030. The van der Waals surface area contributed by atoms with Crippen molar-refractivity contribution in [2.24, 2.45) is 0 Å². The summed E-state index contributed by atoms with van der Waals surface area (Å²) < 4.78 is 5.84. The van der Waals surface area contributed by atoms with Crippen LogP contribution in [-0.4, -0.2) is 39.1 Å². The molecule has 0 fully saturated rings. The molecule has 1 atom stereocenters. The first-order valence-electron chi connectivity index (χ1n) is 9.45. The maximum absolute atomic E-state index is 11.2. The van der Waals surface area contributed by atoms with Gasteiger partial charge in [0.15, 0.2) is 11.5 Å². The zero-order chi connectivity index (χ0) is 21.0. The lowest BCUT2D eigenvalue weighted by atomic mass is 10.0. The van der Waals surface area contributed by atoms with E-state index in [1.54, 1.807) is 13.0 Å². The summed E-state index contributed by atoms with van der Waals surface area (Å²) in [6, 6.07) is 13.6. The molecule has 6 heteroatoms. The second kappa shape index (κ2) is 8.84. The third kappa shape index (κ3) is 5.18. The minimum Gasteiger partial charge on any atom is -0.504 e. The predicted molar refractivity (Wildman–Crippen MR) is 110 cm³/mol. The normalized spacial score (nSPS) is 12.1. The summed E-state index contributed by atoms with van der Waals surface area (Å²) in [5, 5.41) is 39.8. The molecule has 4 N–H and O–H groups in total. The van der Waals surface area contributed by atoms with Crippen LogP contribution in [0.2, 0.25) is 0 Å². The first kappa shape index (κ1) is 20.5. The SMILES string of the molecule is CC(O)Cc1cc(C(=O)O)ccc1OCCCc1ccc2cc(O)c(O)cc2c1. The van der Waals surface area contributed by atoms with E-state index in [0.717, 1.165) is 29.2 Å². The number of carboxylic acid groups (broad SMARTS) is 1. The Morgan fingerprint density at radius 3 is 2.41 bits per heavy atom. The van der Waals surface area contributed by atoms with Gasteiger partial charge in [0.2, 0.25) is 0 Å². The lowest BCUT2D eigenvalue weighted by Gasteiger charge is -2.14. The van der Waals surface area contributed by atoms with Gasteiger partial charge < -0.3 is 25.2 Å². The Morgan fingerprint density at radius 1 is 1.00 bits per heavy atom. The molecule has 0 aromatic heterocycles. The van der Waals surface area contributed by atoms with Crippen molar-refractivity contribution in [1.82, 2.24) is 0 Å². The molecule has 0 aliphatic rings. The molecule has 0 spiro atoms. The van der Waals surface area contributed by atoms with Gasteiger partial charge in [0.05, 0.1) is 18.3 Å². The number of ether oxygens (including phenoxy) is 1. The molecule has 29 heavy (non-hydrogen) atoms. The van der Waals surface area contributed by atoms with E-state index in [4.69, 9.17) is 9.84 Å². The topological polar surface area (TPSA) is 107 Å². The fraction of sp³-hybridized carbons (Fsp3) is 0.261. The number of fused-ring (bicyclic) bond motifs is 1. The second-order valence-electron chi connectivity index (χ2n) is 7.16. The monoisotopic (exact) mass is 396 g/mol. The molecule has 0 aliphatic heterocycles. The highest BCUT2D eigenvalue weighted by molar-refractivity contribution is 5.88. The van der Waals surface area contributed by atoms with E-state index in [0.29, 0.717) is 24.3 Å². The molecule has 1 unspecified atom stereocenters. The molecule has 0 aliphatic carbocycles. The number of phenolic OH excluding ortho intramolecular Hbond substituents is 2. The fourth-order valence-corrected chi connectivity index (χ4v) is 3.27. The average Bonchev–Trinajstić information content (AvgIpc) is 2.66. The van der Waals surface area contributed by atoms with Gasteiger partial charge in [0.25, 0.3) is 0 Å². The van der Waals surface area contributed by atoms with Gasteiger partial charge >= 0.3 is 5.97 Å². The molecule has 0 radical (unpaired) electrons. The van der Waals surface area contributed by atoms with Gasteiger partial charge in [-0.2, -0.15) is 0 Å². The van der Waals surface area contributed by atoms with Crippen molar-refractivity contribution in [2.45, 2.75) is 32.3 Å². The van der Waals surface area contributed by atoms with Crippen LogP contribution >= 0.6 is 0 Å². The number of carbonyl (C=O) groups is 1. The van der Waals surface area contributed by atoms with Gasteiger partial charge in [-0.25, -0.2) is 4.79 Å². The smallest absolute Gasteiger partial charge is 0.335 e. The Hall–Kier alpha value is -3.25. The molecule has 3 rings (SSSR count). The molecule has 0 bridgehead atoms. The van der Waals surface area contributed by atoms with Crippen molar-refractivity contribution >= 4 is 16.7 Å². The van der Waals surface area contributed by atoms with Gasteiger partial charge in [0.1, 0.15) is 5.75 Å². The van der Waals surface area contributed by atoms with Crippen molar-refractivity contribution in [1.29, 1.82) is 0 Å². The second-order valence-corrected chi connectivity index (χ2v) is 7.16. The molecule has 3 aromatic carbocycles. The highest BCUT2D eigenvalue weighted by Crippen LogP contribution is 2.30. The van der Waals surface area contributed by atoms with Crippen molar-refractivity contribution < 1.29 is 30.0 Å². The molecule has 0 heterocycles. The number of aliphatic hydroxyl groups is 1. The molecule has 0 saturated carbocycles. The number of rotatable bonds is 8. The lowest BCUT2D eigenvalue weighted by molar-refractivity contribution is 0.0696. The number of aryl methyl sites for hydroxylation is 1. The Labute approximate surface area is 168 Å². The molecule has 0 amide bonds. The zero-order valence-electron chi connectivity index (χ0n) is 16.1. The van der Waals surface area contributed by atoms with Crippen LogP contribution in [-0.2, 0) is 12.8 Å². The number of hydrogen-bond donors (Lipinski definition) is 4. The summed E-state index contributed by atoms with van der Waals surface area (Å²) in [6.45, 7) is 2.09. The van der Waals surface area contributed by atoms with Crippen LogP contribution in [0.4, 0.5) is 0 Å². The van der Waals surface area contributed by atoms with Gasteiger partial charge in [-0.1, -0.05) is 18.2 Å². The van der Waals surface area contributed by atoms with Crippen LogP contribution in [0.1, 0.15) is 34.8 Å². The highest BCUT2D eigenvalue weighted by Gasteiger charge is 2.12. The maximum atomic E-state index is 11.2. The van der Waals surface area contributed by atoms with E-state index in [1.807, 2.05) is 18.2 Å². The van der Waals surface area contributed by atoms with Gasteiger partial charge in [-0.05, 0) is 72.0 Å². The first-order valence-corrected chi connectivity index (χ1v) is 9.45. The molecule has 3 aromatic rings. The number of aromatic hydroxyl groups is 2. The zero-order valence-corrected chi connectivity index (χ0v) is 16.1. The van der Waals surface area contributed by atoms with E-state index in [9.17, 15) is 20.1 Å². The molecule has 6 nitrogen and oxygen atoms in total. The molecular formula is C23H24O6. The van der Waals surface area contributed by atoms with Crippen LogP contribution in [0, 0.1) is 0 Å². The number of aliphatic hydroxyl groups excluding tert-OH is 1. The summed E-state index contributed by atoms with van der Waals surface area (Å²) in [7, 11) is 0. The molecule has 152 valence electrons. The summed E-state index contributed by atoms with van der Waals surface area (Å²) in [6.07, 6.45) is 1.22. The van der Waals surface area contributed by atoms with Gasteiger partial charge in [0, 0.05) is 6.42 Å². The first-order chi connectivity index (χ1) is 13.8. The van der Waals surface area contributed by atoms with E-state index >= 15 is 0 Å². The minimum atomic E-state index is -1.01. The van der Waals surface area contributed by atoms with E-state index in [-0.39, 0.29) is 17.1 Å². The van der Waals surface area contributed by atoms with Crippen molar-refractivity contribution in [3.63, 3.8) is 0 Å². The summed E-state index contributed by atoms with van der Waals surface area (Å²) >= 11 is 0. The molecular weight excluding hydrogens is 372 g/mol. The largest absolute Gasteiger partial charge is 0.504 e. The van der Waals surface area contributed by atoms with Crippen LogP contribution in [0.3, 0.4) is 0 Å². The summed E-state index contributed by atoms with van der Waals surface area (Å²) in [4.78, 5) is 11.2. The minimum absolute atomic E-state index is 0.138. The standard InChI is InChI=1S/C23H24O6/c1-14(24)9-19-11-17(23(27)28)6-7-22(19)29-8-2-3-15-4-5-16-12-20(25)21(26)13-18(16)10-15/h4-7,10-14,24-26H,2-3,8-9H2,1H3,(H,27,28). The molecule has 0 saturated heterocycles. The van der Waals surface area contributed by atoms with Crippen LogP contribution < -0.4 is 4.74 Å². The van der Waals surface area contributed by atoms with Gasteiger partial charge in [-0.15, -0.1) is 0 Å². The third-order valence-corrected chi connectivity index (χ3v) is 4.69. The van der Waals surface area contributed by atoms with E-state index in [2.05, 4.69) is 0 Å². The van der Waals surface area contributed by atoms with E-state index in [1.165, 1.54) is 24.3 Å². The average molecular weight is 396 g/mol. The van der Waals surface area contributed by atoms with Crippen molar-refractivity contribution in [3.8, 4) is 17.2 Å². The van der Waals surface area contributed by atoms with Gasteiger partial charge in [-0.3, -0.25) is 0 Å². The number of hydrogen-bond acceptors (Lipinski definition) is 5. The third-order valence-electron chi connectivity index (χ3n) is 4.69. The number of benzene rings is 3. The quantitative estimate of drug-likeness (QED) is 0.340. The van der Waals surface area contributed by atoms with E-state index < -0.39 is 12.1 Å². The fourth-order valence-electron chi connectivity index (χ4n) is 3.27. The Kier molecular flexibility index (Phi) is 6.24. The number of aromatic carboxylic acids is 1. The Balaban J connectivity index is 1.63. The van der Waals surface area contributed by atoms with Crippen LogP contribution in [0.5, 0.6) is 17.2 Å². The lowest BCUT2D eigenvalue weighted by Crippen LogP contribution is -2.09. The Morgan fingerprint density at radius 2 is 1.72 bits per heavy atom. The highest BCUT2D eigenvalue weighted by atomic mass is 16.5. The van der Waals surface area contributed by atoms with Crippen molar-refractivity contribution in [2.75, 3.05) is 6.61 Å².